The predicted octanol–water partition coefficient (Wildman–Crippen LogP) is 5.07. The first kappa shape index (κ1) is 20.3. The number of ether oxygens (including phenoxy) is 2. The number of nitrogens with zero attached hydrogens (tertiary/aromatic N) is 1. The summed E-state index contributed by atoms with van der Waals surface area (Å²) in [5, 5.41) is 9.68. The molecule has 2 aromatic rings. The summed E-state index contributed by atoms with van der Waals surface area (Å²) < 4.78 is 18.4. The molecule has 2 heterocycles. The number of halogens is 1. The van der Waals surface area contributed by atoms with Crippen LogP contribution in [-0.4, -0.2) is 5.78 Å². The molecule has 1 aromatic heterocycles. The minimum Gasteiger partial charge on any atom is -0.486 e. The molecule has 0 spiro atoms. The van der Waals surface area contributed by atoms with Crippen molar-refractivity contribution in [1.82, 2.24) is 0 Å². The van der Waals surface area contributed by atoms with Gasteiger partial charge in [-0.3, -0.25) is 4.79 Å². The van der Waals surface area contributed by atoms with E-state index in [4.69, 9.17) is 19.6 Å². The van der Waals surface area contributed by atoms with E-state index in [1.165, 1.54) is 0 Å². The summed E-state index contributed by atoms with van der Waals surface area (Å²) in [5.74, 6) is 1.62. The molecule has 0 fully saturated rings. The number of furan rings is 1. The molecule has 0 saturated carbocycles. The van der Waals surface area contributed by atoms with Gasteiger partial charge in [0, 0.05) is 22.9 Å². The Morgan fingerprint density at radius 1 is 1.23 bits per heavy atom. The third-order valence-corrected chi connectivity index (χ3v) is 5.77. The Balaban J connectivity index is 1.63. The van der Waals surface area contributed by atoms with Crippen LogP contribution < -0.4 is 10.5 Å². The van der Waals surface area contributed by atoms with Gasteiger partial charge in [0.2, 0.25) is 5.88 Å². The van der Waals surface area contributed by atoms with E-state index in [1.54, 1.807) is 12.1 Å². The largest absolute Gasteiger partial charge is 0.486 e. The second-order valence-corrected chi connectivity index (χ2v) is 9.16. The molecule has 0 bridgehead atoms. The lowest BCUT2D eigenvalue weighted by molar-refractivity contribution is -0.119. The van der Waals surface area contributed by atoms with E-state index < -0.39 is 5.92 Å². The van der Waals surface area contributed by atoms with Crippen LogP contribution in [-0.2, 0) is 16.1 Å². The Hall–Kier alpha value is -2.98. The second-order valence-electron chi connectivity index (χ2n) is 8.25. The zero-order valence-corrected chi connectivity index (χ0v) is 18.3. The van der Waals surface area contributed by atoms with Crippen LogP contribution in [0.1, 0.15) is 44.1 Å². The number of benzene rings is 1. The average Bonchev–Trinajstić information content (AvgIpc) is 3.14. The van der Waals surface area contributed by atoms with E-state index in [0.29, 0.717) is 41.4 Å². The molecule has 1 atom stereocenters. The Morgan fingerprint density at radius 3 is 2.67 bits per heavy atom. The zero-order valence-electron chi connectivity index (χ0n) is 16.7. The summed E-state index contributed by atoms with van der Waals surface area (Å²) in [7, 11) is 0. The lowest BCUT2D eigenvalue weighted by Gasteiger charge is -2.36. The minimum absolute atomic E-state index is 0.0239. The Bertz CT molecular complexity index is 1100. The molecule has 0 amide bonds. The van der Waals surface area contributed by atoms with Gasteiger partial charge in [-0.25, -0.2) is 0 Å². The molecule has 0 radical (unpaired) electrons. The van der Waals surface area contributed by atoms with E-state index >= 15 is 0 Å². The van der Waals surface area contributed by atoms with Gasteiger partial charge >= 0.3 is 0 Å². The number of ketones is 1. The van der Waals surface area contributed by atoms with Crippen molar-refractivity contribution >= 4 is 21.7 Å². The summed E-state index contributed by atoms with van der Waals surface area (Å²) in [5.41, 5.74) is 6.47. The first-order valence-electron chi connectivity index (χ1n) is 9.58. The predicted molar refractivity (Wildman–Crippen MR) is 113 cm³/mol. The van der Waals surface area contributed by atoms with Crippen molar-refractivity contribution in [3.63, 3.8) is 0 Å². The zero-order chi connectivity index (χ0) is 21.5. The Labute approximate surface area is 183 Å². The molecule has 2 N–H and O–H groups in total. The van der Waals surface area contributed by atoms with E-state index in [1.807, 2.05) is 38.1 Å². The number of nitrogens with two attached hydrogens (primary N) is 1. The lowest BCUT2D eigenvalue weighted by atomic mass is 9.71. The fourth-order valence-electron chi connectivity index (χ4n) is 3.88. The monoisotopic (exact) mass is 468 g/mol. The molecule has 7 heteroatoms. The number of Topliss-reactive ketones (excluding diaryl/α,β-unsaturated/α-hetero) is 1. The molecule has 4 rings (SSSR count). The molecular weight excluding hydrogens is 448 g/mol. The van der Waals surface area contributed by atoms with Crippen molar-refractivity contribution in [2.45, 2.75) is 39.2 Å². The third kappa shape index (κ3) is 3.88. The summed E-state index contributed by atoms with van der Waals surface area (Å²) >= 11 is 3.39. The number of nitriles is 1. The fraction of sp³-hybridized carbons (Fsp3) is 0.304. The van der Waals surface area contributed by atoms with Crippen LogP contribution in [0.4, 0.5) is 0 Å². The lowest BCUT2D eigenvalue weighted by Crippen LogP contribution is -2.33. The first-order chi connectivity index (χ1) is 14.3. The van der Waals surface area contributed by atoms with E-state index in [-0.39, 0.29) is 29.3 Å². The smallest absolute Gasteiger partial charge is 0.205 e. The number of carbonyl (C=O) groups excluding carboxylic acids is 1. The SMILES string of the molecule is CC1(C)CC(=O)C2=C(C1)OC(N)=C(C#N)[C@H]2c1ccc(COc2ccc(Br)cc2)o1. The molecule has 30 heavy (non-hydrogen) atoms. The highest BCUT2D eigenvalue weighted by molar-refractivity contribution is 9.10. The molecule has 154 valence electrons. The average molecular weight is 469 g/mol. The molecule has 1 aliphatic carbocycles. The van der Waals surface area contributed by atoms with Crippen molar-refractivity contribution in [2.24, 2.45) is 11.1 Å². The maximum absolute atomic E-state index is 13.0. The first-order valence-corrected chi connectivity index (χ1v) is 10.4. The van der Waals surface area contributed by atoms with E-state index in [2.05, 4.69) is 22.0 Å². The summed E-state index contributed by atoms with van der Waals surface area (Å²) in [6.45, 7) is 4.24. The van der Waals surface area contributed by atoms with Gasteiger partial charge in [0.25, 0.3) is 0 Å². The van der Waals surface area contributed by atoms with Crippen molar-refractivity contribution in [2.75, 3.05) is 0 Å². The van der Waals surface area contributed by atoms with Crippen LogP contribution in [0.25, 0.3) is 0 Å². The molecular formula is C23H21BrN2O4. The normalized spacial score (nSPS) is 20.5. The summed E-state index contributed by atoms with van der Waals surface area (Å²) in [6.07, 6.45) is 0.953. The van der Waals surface area contributed by atoms with Crippen molar-refractivity contribution in [1.29, 1.82) is 5.26 Å². The van der Waals surface area contributed by atoms with Crippen molar-refractivity contribution < 1.29 is 18.7 Å². The summed E-state index contributed by atoms with van der Waals surface area (Å²) in [4.78, 5) is 13.0. The van der Waals surface area contributed by atoms with Gasteiger partial charge in [-0.2, -0.15) is 5.26 Å². The topological polar surface area (TPSA) is 98.5 Å². The number of hydrogen-bond acceptors (Lipinski definition) is 6. The van der Waals surface area contributed by atoms with Gasteiger partial charge < -0.3 is 19.6 Å². The van der Waals surface area contributed by atoms with Crippen molar-refractivity contribution in [3.05, 3.63) is 75.2 Å². The van der Waals surface area contributed by atoms with Crippen LogP contribution >= 0.6 is 15.9 Å². The van der Waals surface area contributed by atoms with E-state index in [0.717, 1.165) is 4.47 Å². The van der Waals surface area contributed by atoms with Crippen LogP contribution in [0.15, 0.2) is 68.1 Å². The number of allylic oxidation sites excluding steroid dienone is 3. The molecule has 1 aliphatic heterocycles. The third-order valence-electron chi connectivity index (χ3n) is 5.24. The standard InChI is InChI=1S/C23H21BrN2O4/c1-23(2)9-17(27)21-19(10-23)30-22(26)16(11-25)20(21)18-8-7-15(29-18)12-28-14-5-3-13(24)4-6-14/h3-8,20H,9-10,12,26H2,1-2H3/t20-/m0/s1. The van der Waals surface area contributed by atoms with E-state index in [9.17, 15) is 10.1 Å². The Morgan fingerprint density at radius 2 is 1.97 bits per heavy atom. The quantitative estimate of drug-likeness (QED) is 0.671. The molecule has 0 unspecified atom stereocenters. The highest BCUT2D eigenvalue weighted by Crippen LogP contribution is 2.48. The maximum Gasteiger partial charge on any atom is 0.205 e. The maximum atomic E-state index is 13.0. The van der Waals surface area contributed by atoms with Crippen LogP contribution in [0.5, 0.6) is 5.75 Å². The van der Waals surface area contributed by atoms with Crippen molar-refractivity contribution in [3.8, 4) is 11.8 Å². The second kappa shape index (κ2) is 7.69. The van der Waals surface area contributed by atoms with Gasteiger partial charge in [-0.15, -0.1) is 0 Å². The molecule has 1 aromatic carbocycles. The summed E-state index contributed by atoms with van der Waals surface area (Å²) in [6, 6.07) is 13.1. The number of carbonyl (C=O) groups is 1. The van der Waals surface area contributed by atoms with Crippen LogP contribution in [0.3, 0.4) is 0 Å². The molecule has 2 aliphatic rings. The molecule has 6 nitrogen and oxygen atoms in total. The van der Waals surface area contributed by atoms with Crippen LogP contribution in [0.2, 0.25) is 0 Å². The van der Waals surface area contributed by atoms with Gasteiger partial charge in [0.1, 0.15) is 41.3 Å². The highest BCUT2D eigenvalue weighted by Gasteiger charge is 2.44. The Kier molecular flexibility index (Phi) is 5.20. The number of hydrogen-bond donors (Lipinski definition) is 1. The molecule has 0 saturated heterocycles. The van der Waals surface area contributed by atoms with Gasteiger partial charge in [0.05, 0.1) is 5.92 Å². The van der Waals surface area contributed by atoms with Gasteiger partial charge in [0.15, 0.2) is 5.78 Å². The van der Waals surface area contributed by atoms with Gasteiger partial charge in [-0.1, -0.05) is 29.8 Å². The van der Waals surface area contributed by atoms with Crippen LogP contribution in [0, 0.1) is 16.7 Å². The van der Waals surface area contributed by atoms with Gasteiger partial charge in [-0.05, 0) is 41.8 Å². The fourth-order valence-corrected chi connectivity index (χ4v) is 4.15. The highest BCUT2D eigenvalue weighted by atomic mass is 79.9. The minimum atomic E-state index is -0.663. The number of rotatable bonds is 4.